The van der Waals surface area contributed by atoms with Crippen molar-refractivity contribution in [3.63, 3.8) is 0 Å². The van der Waals surface area contributed by atoms with E-state index in [-0.39, 0.29) is 67.9 Å². The topological polar surface area (TPSA) is 327 Å². The van der Waals surface area contributed by atoms with Gasteiger partial charge in [0.05, 0.1) is 38.4 Å². The van der Waals surface area contributed by atoms with E-state index in [0.717, 1.165) is 39.5 Å². The van der Waals surface area contributed by atoms with Gasteiger partial charge >= 0.3 is 48.2 Å². The third kappa shape index (κ3) is 10.2. The largest absolute Gasteiger partial charge is 0.468 e. The standard InChI is InChI=1S/2C16H16FN3O6.C14H13FN2O5.2CH4/c2*1-18-14(23)19-11-5-8-3-4-16(9(8)6-10(11)17)13(22)20(15(24)26-16)7-12(21)25-2;1-21-11(18)6-17-12(19)14(22-13(17)20)3-2-7-4-10(16)9(15)5-8(7)14;;/h2*5-6H,3-4,7H2,1-2H3,(H2,18,19,23);4-5H,2-3,6,16H2,1H3;2*1H4/t2*16-;;;/m10.../s1. The minimum absolute atomic E-state index is 0. The van der Waals surface area contributed by atoms with E-state index in [4.69, 9.17) is 19.9 Å². The van der Waals surface area contributed by atoms with Crippen LogP contribution in [0.1, 0.15) is 67.5 Å². The number of aryl methyl sites for hydroxylation is 3. The van der Waals surface area contributed by atoms with Crippen molar-refractivity contribution in [3.05, 3.63) is 87.2 Å². The third-order valence-corrected chi connectivity index (χ3v) is 12.9. The van der Waals surface area contributed by atoms with E-state index in [1.807, 2.05) is 0 Å². The van der Waals surface area contributed by atoms with Crippen molar-refractivity contribution in [1.82, 2.24) is 25.3 Å². The van der Waals surface area contributed by atoms with Crippen LogP contribution in [-0.4, -0.2) is 136 Å². The lowest BCUT2D eigenvalue weighted by Crippen LogP contribution is -2.40. The molecule has 3 aliphatic carbocycles. The lowest BCUT2D eigenvalue weighted by Gasteiger charge is -2.20. The number of anilines is 3. The second-order valence-corrected chi connectivity index (χ2v) is 16.9. The number of ether oxygens (including phenoxy) is 6. The Kier molecular flexibility index (Phi) is 16.9. The van der Waals surface area contributed by atoms with Crippen molar-refractivity contribution >= 4 is 83.0 Å². The summed E-state index contributed by atoms with van der Waals surface area (Å²) in [6, 6.07) is 6.31. The van der Waals surface area contributed by atoms with Gasteiger partial charge in [-0.05, 0) is 72.4 Å². The van der Waals surface area contributed by atoms with Gasteiger partial charge in [-0.15, -0.1) is 0 Å². The first-order valence-corrected chi connectivity index (χ1v) is 22.1. The summed E-state index contributed by atoms with van der Waals surface area (Å²) in [7, 11) is 6.19. The van der Waals surface area contributed by atoms with Gasteiger partial charge in [0.2, 0.25) is 16.8 Å². The summed E-state index contributed by atoms with van der Waals surface area (Å²) in [5.74, 6) is -6.70. The van der Waals surface area contributed by atoms with Crippen LogP contribution < -0.4 is 27.0 Å². The molecule has 3 aromatic carbocycles. The van der Waals surface area contributed by atoms with Gasteiger partial charge in [-0.2, -0.15) is 0 Å². The number of urea groups is 2. The molecule has 28 heteroatoms. The van der Waals surface area contributed by atoms with Crippen molar-refractivity contribution in [2.75, 3.05) is 71.4 Å². The molecule has 408 valence electrons. The molecule has 1 unspecified atom stereocenters. The van der Waals surface area contributed by atoms with Crippen LogP contribution in [0.15, 0.2) is 36.4 Å². The maximum Gasteiger partial charge on any atom is 0.418 e. The molecule has 3 fully saturated rings. The molecule has 3 aliphatic heterocycles. The first kappa shape index (κ1) is 57.9. The van der Waals surface area contributed by atoms with Crippen LogP contribution in [-0.2, 0) is 93.3 Å². The highest BCUT2D eigenvalue weighted by molar-refractivity contribution is 6.08. The molecular formula is C48H53F3N8O17. The molecule has 6 aliphatic rings. The molecule has 25 nitrogen and oxygen atoms in total. The van der Waals surface area contributed by atoms with E-state index in [1.54, 1.807) is 0 Å². The summed E-state index contributed by atoms with van der Waals surface area (Å²) in [6.45, 7) is -1.70. The van der Waals surface area contributed by atoms with E-state index in [9.17, 15) is 65.9 Å². The van der Waals surface area contributed by atoms with Crippen molar-refractivity contribution in [3.8, 4) is 0 Å². The number of esters is 3. The number of fused-ring (bicyclic) bond motifs is 6. The molecule has 10 amide bonds. The van der Waals surface area contributed by atoms with Gasteiger partial charge < -0.3 is 55.4 Å². The fourth-order valence-electron chi connectivity index (χ4n) is 9.14. The maximum atomic E-state index is 14.4. The Morgan fingerprint density at radius 3 is 1.11 bits per heavy atom. The number of rotatable bonds is 8. The lowest BCUT2D eigenvalue weighted by atomic mass is 9.94. The Labute approximate surface area is 430 Å². The highest BCUT2D eigenvalue weighted by Gasteiger charge is 2.61. The number of hydrogen-bond acceptors (Lipinski definition) is 18. The summed E-state index contributed by atoms with van der Waals surface area (Å²) >= 11 is 0. The summed E-state index contributed by atoms with van der Waals surface area (Å²) in [5.41, 5.74) is 2.98. The third-order valence-electron chi connectivity index (χ3n) is 12.9. The molecule has 0 bridgehead atoms. The number of nitrogens with zero attached hydrogens (tertiary/aromatic N) is 3. The zero-order chi connectivity index (χ0) is 54.2. The van der Waals surface area contributed by atoms with Crippen LogP contribution in [0.25, 0.3) is 0 Å². The van der Waals surface area contributed by atoms with Gasteiger partial charge in [-0.25, -0.2) is 51.8 Å². The molecule has 0 saturated carbocycles. The first-order valence-electron chi connectivity index (χ1n) is 22.1. The van der Waals surface area contributed by atoms with Crippen molar-refractivity contribution in [1.29, 1.82) is 0 Å². The molecule has 6 N–H and O–H groups in total. The Morgan fingerprint density at radius 1 is 0.526 bits per heavy atom. The van der Waals surface area contributed by atoms with Crippen LogP contribution in [0.4, 0.5) is 54.2 Å². The molecule has 0 aromatic heterocycles. The molecule has 3 heterocycles. The molecule has 3 saturated heterocycles. The van der Waals surface area contributed by atoms with Crippen LogP contribution in [0.5, 0.6) is 0 Å². The van der Waals surface area contributed by atoms with Crippen LogP contribution in [0.2, 0.25) is 0 Å². The van der Waals surface area contributed by atoms with Crippen LogP contribution in [0.3, 0.4) is 0 Å². The van der Waals surface area contributed by atoms with Crippen LogP contribution >= 0.6 is 0 Å². The number of nitrogen functional groups attached to an aromatic ring is 1. The second kappa shape index (κ2) is 22.2. The first-order chi connectivity index (χ1) is 35.0. The number of imide groups is 3. The predicted molar refractivity (Wildman–Crippen MR) is 254 cm³/mol. The Morgan fingerprint density at radius 2 is 0.816 bits per heavy atom. The number of methoxy groups -OCH3 is 3. The average Bonchev–Trinajstić information content (AvgIpc) is 4.18. The Bertz CT molecular complexity index is 2840. The smallest absolute Gasteiger partial charge is 0.418 e. The van der Waals surface area contributed by atoms with Crippen molar-refractivity contribution in [2.24, 2.45) is 0 Å². The Hall–Kier alpha value is -8.98. The number of nitrogens with one attached hydrogen (secondary N) is 4. The van der Waals surface area contributed by atoms with E-state index in [1.165, 1.54) is 32.3 Å². The highest BCUT2D eigenvalue weighted by atomic mass is 19.1. The highest BCUT2D eigenvalue weighted by Crippen LogP contribution is 2.49. The average molecular weight is 1070 g/mol. The maximum absolute atomic E-state index is 14.4. The second-order valence-electron chi connectivity index (χ2n) is 16.9. The number of hydrogen-bond donors (Lipinski definition) is 5. The van der Waals surface area contributed by atoms with E-state index < -0.39 is 120 Å². The fourth-order valence-corrected chi connectivity index (χ4v) is 9.14. The number of carbonyl (C=O) groups excluding carboxylic acids is 11. The van der Waals surface area contributed by atoms with Crippen molar-refractivity contribution < 1.29 is 94.3 Å². The molecule has 0 radical (unpaired) electrons. The predicted octanol–water partition coefficient (Wildman–Crippen LogP) is 3.71. The number of benzene rings is 3. The minimum Gasteiger partial charge on any atom is -0.468 e. The molecule has 9 rings (SSSR count). The fraction of sp³-hybridized carbons (Fsp3) is 0.396. The van der Waals surface area contributed by atoms with Gasteiger partial charge in [-0.1, -0.05) is 14.9 Å². The summed E-state index contributed by atoms with van der Waals surface area (Å²) < 4.78 is 71.6. The Balaban J connectivity index is 0.000000209. The molecule has 3 atom stereocenters. The zero-order valence-corrected chi connectivity index (χ0v) is 39.8. The van der Waals surface area contributed by atoms with Gasteiger partial charge in [0.25, 0.3) is 17.7 Å². The van der Waals surface area contributed by atoms with E-state index >= 15 is 0 Å². The van der Waals surface area contributed by atoms with E-state index in [2.05, 4.69) is 35.5 Å². The van der Waals surface area contributed by atoms with Crippen LogP contribution in [0, 0.1) is 17.5 Å². The van der Waals surface area contributed by atoms with Gasteiger partial charge in [-0.3, -0.25) is 28.8 Å². The van der Waals surface area contributed by atoms with Gasteiger partial charge in [0.1, 0.15) is 37.1 Å². The molecule has 3 spiro atoms. The minimum atomic E-state index is -1.66. The lowest BCUT2D eigenvalue weighted by molar-refractivity contribution is -0.146. The number of amides is 10. The van der Waals surface area contributed by atoms with Gasteiger partial charge in [0.15, 0.2) is 0 Å². The summed E-state index contributed by atoms with van der Waals surface area (Å²) in [5, 5.41) is 9.30. The number of carbonyl (C=O) groups is 11. The van der Waals surface area contributed by atoms with Gasteiger partial charge in [0, 0.05) is 50.0 Å². The summed E-state index contributed by atoms with van der Waals surface area (Å²) in [6.07, 6.45) is -1.39. The molecular weight excluding hydrogens is 1020 g/mol. The van der Waals surface area contributed by atoms with Crippen molar-refractivity contribution in [2.45, 2.75) is 70.2 Å². The summed E-state index contributed by atoms with van der Waals surface area (Å²) in [4.78, 5) is 133. The molecule has 3 aromatic rings. The quantitative estimate of drug-likeness (QED) is 0.122. The van der Waals surface area contributed by atoms with E-state index in [0.29, 0.717) is 50.7 Å². The zero-order valence-electron chi connectivity index (χ0n) is 39.8. The number of nitrogens with two attached hydrogens (primary N) is 1. The normalized spacial score (nSPS) is 20.9. The number of halogens is 3. The monoisotopic (exact) mass is 1070 g/mol. The SMILES string of the molecule is C.C.CNC(=O)Nc1cc2c(cc1F)[C@@]1(CC2)OC(=O)N(CC(=O)OC)C1=O.CNC(=O)Nc1cc2c(cc1F)[C@]1(CC2)OC(=O)N(CC(=O)OC)C1=O.COC(=O)CN1C(=O)OC2(CCc3cc(N)c(F)cc32)C1=O. The molecule has 76 heavy (non-hydrogen) atoms.